The molecular weight excluding hydrogens is 280 g/mol. The average Bonchev–Trinajstić information content (AvgIpc) is 2.48. The Balaban J connectivity index is 1.83. The first-order valence-electron chi connectivity index (χ1n) is 7.65. The van der Waals surface area contributed by atoms with Gasteiger partial charge in [-0.3, -0.25) is 14.5 Å². The number of hydrogen-bond acceptors (Lipinski definition) is 4. The Kier molecular flexibility index (Phi) is 5.91. The summed E-state index contributed by atoms with van der Waals surface area (Å²) in [7, 11) is 0. The van der Waals surface area contributed by atoms with Gasteiger partial charge in [-0.15, -0.1) is 0 Å². The van der Waals surface area contributed by atoms with Gasteiger partial charge >= 0.3 is 0 Å². The Morgan fingerprint density at radius 1 is 1.32 bits per heavy atom. The van der Waals surface area contributed by atoms with Crippen LogP contribution in [0.2, 0.25) is 0 Å². The van der Waals surface area contributed by atoms with Gasteiger partial charge in [0, 0.05) is 19.1 Å². The van der Waals surface area contributed by atoms with Gasteiger partial charge in [0.1, 0.15) is 0 Å². The standard InChI is InChI=1S/C16H24N4O2/c17-14(9-15(18)21)16(22)19-13-7-4-8-20(11-13)10-12-5-2-1-3-6-12/h1-3,5-6,13-14H,4,7-11,17H2,(H2,18,21)(H,19,22). The monoisotopic (exact) mass is 304 g/mol. The maximum atomic E-state index is 11.9. The molecule has 1 aromatic carbocycles. The van der Waals surface area contributed by atoms with Crippen molar-refractivity contribution in [2.24, 2.45) is 11.5 Å². The normalized spacial score (nSPS) is 20.3. The molecule has 1 aliphatic rings. The van der Waals surface area contributed by atoms with Crippen LogP contribution in [0.1, 0.15) is 24.8 Å². The number of likely N-dealkylation sites (tertiary alicyclic amines) is 1. The molecule has 1 heterocycles. The number of hydrogen-bond donors (Lipinski definition) is 3. The van der Waals surface area contributed by atoms with Crippen LogP contribution in [0.3, 0.4) is 0 Å². The summed E-state index contributed by atoms with van der Waals surface area (Å²) in [5, 5.41) is 2.93. The molecule has 2 rings (SSSR count). The summed E-state index contributed by atoms with van der Waals surface area (Å²) in [6.07, 6.45) is 1.84. The zero-order valence-corrected chi connectivity index (χ0v) is 12.7. The highest BCUT2D eigenvalue weighted by Gasteiger charge is 2.24. The molecule has 2 unspecified atom stereocenters. The number of primary amides is 1. The van der Waals surface area contributed by atoms with Crippen LogP contribution >= 0.6 is 0 Å². The van der Waals surface area contributed by atoms with Crippen molar-refractivity contribution in [1.29, 1.82) is 0 Å². The Morgan fingerprint density at radius 3 is 2.73 bits per heavy atom. The highest BCUT2D eigenvalue weighted by atomic mass is 16.2. The number of nitrogens with zero attached hydrogens (tertiary/aromatic N) is 1. The summed E-state index contributed by atoms with van der Waals surface area (Å²) in [6.45, 7) is 2.69. The molecule has 1 aliphatic heterocycles. The van der Waals surface area contributed by atoms with Crippen molar-refractivity contribution in [1.82, 2.24) is 10.2 Å². The lowest BCUT2D eigenvalue weighted by atomic mass is 10.0. The van der Waals surface area contributed by atoms with E-state index in [1.54, 1.807) is 0 Å². The van der Waals surface area contributed by atoms with E-state index in [4.69, 9.17) is 11.5 Å². The number of amides is 2. The average molecular weight is 304 g/mol. The van der Waals surface area contributed by atoms with Crippen LogP contribution in [0.4, 0.5) is 0 Å². The third-order valence-corrected chi connectivity index (χ3v) is 3.86. The van der Waals surface area contributed by atoms with E-state index in [-0.39, 0.29) is 18.4 Å². The zero-order valence-electron chi connectivity index (χ0n) is 12.7. The minimum atomic E-state index is -0.859. The van der Waals surface area contributed by atoms with Gasteiger partial charge in [0.15, 0.2) is 0 Å². The Bertz CT molecular complexity index is 506. The van der Waals surface area contributed by atoms with Crippen molar-refractivity contribution in [2.75, 3.05) is 13.1 Å². The van der Waals surface area contributed by atoms with Crippen LogP contribution in [0, 0.1) is 0 Å². The molecule has 2 amide bonds. The number of carbonyl (C=O) groups is 2. The van der Waals surface area contributed by atoms with Gasteiger partial charge in [0.25, 0.3) is 0 Å². The smallest absolute Gasteiger partial charge is 0.237 e. The van der Waals surface area contributed by atoms with Gasteiger partial charge in [-0.25, -0.2) is 0 Å². The lowest BCUT2D eigenvalue weighted by molar-refractivity contribution is -0.127. The second kappa shape index (κ2) is 7.91. The maximum Gasteiger partial charge on any atom is 0.237 e. The van der Waals surface area contributed by atoms with Crippen molar-refractivity contribution >= 4 is 11.8 Å². The number of carbonyl (C=O) groups excluding carboxylic acids is 2. The number of nitrogens with two attached hydrogens (primary N) is 2. The number of rotatable bonds is 6. The van der Waals surface area contributed by atoms with Crippen molar-refractivity contribution in [3.8, 4) is 0 Å². The quantitative estimate of drug-likeness (QED) is 0.687. The lowest BCUT2D eigenvalue weighted by Crippen LogP contribution is -2.52. The minimum absolute atomic E-state index is 0.0730. The molecule has 1 fully saturated rings. The number of piperidine rings is 1. The molecule has 1 saturated heterocycles. The van der Waals surface area contributed by atoms with E-state index in [2.05, 4.69) is 22.3 Å². The van der Waals surface area contributed by atoms with Gasteiger partial charge in [0.2, 0.25) is 11.8 Å². The van der Waals surface area contributed by atoms with Crippen molar-refractivity contribution in [3.63, 3.8) is 0 Å². The van der Waals surface area contributed by atoms with Crippen LogP contribution in [0.5, 0.6) is 0 Å². The van der Waals surface area contributed by atoms with Gasteiger partial charge in [-0.2, -0.15) is 0 Å². The van der Waals surface area contributed by atoms with Crippen LogP contribution in [-0.2, 0) is 16.1 Å². The first-order valence-corrected chi connectivity index (χ1v) is 7.65. The number of benzene rings is 1. The van der Waals surface area contributed by atoms with E-state index in [1.807, 2.05) is 18.2 Å². The molecule has 0 radical (unpaired) electrons. The highest BCUT2D eigenvalue weighted by molar-refractivity contribution is 5.87. The molecule has 22 heavy (non-hydrogen) atoms. The van der Waals surface area contributed by atoms with Crippen molar-refractivity contribution in [3.05, 3.63) is 35.9 Å². The molecule has 0 bridgehead atoms. The van der Waals surface area contributed by atoms with E-state index in [0.29, 0.717) is 0 Å². The molecule has 6 nitrogen and oxygen atoms in total. The van der Waals surface area contributed by atoms with E-state index >= 15 is 0 Å². The molecule has 0 aliphatic carbocycles. The summed E-state index contributed by atoms with van der Waals surface area (Å²) in [5.74, 6) is -0.859. The van der Waals surface area contributed by atoms with Crippen LogP contribution in [0.15, 0.2) is 30.3 Å². The molecule has 5 N–H and O–H groups in total. The molecular formula is C16H24N4O2. The molecule has 2 atom stereocenters. The van der Waals surface area contributed by atoms with E-state index in [9.17, 15) is 9.59 Å². The molecule has 120 valence electrons. The summed E-state index contributed by atoms with van der Waals surface area (Å²) < 4.78 is 0. The summed E-state index contributed by atoms with van der Waals surface area (Å²) in [6, 6.07) is 9.48. The summed E-state index contributed by atoms with van der Waals surface area (Å²) >= 11 is 0. The molecule has 0 aromatic heterocycles. The third kappa shape index (κ3) is 5.13. The largest absolute Gasteiger partial charge is 0.370 e. The second-order valence-corrected chi connectivity index (χ2v) is 5.85. The topological polar surface area (TPSA) is 101 Å². The zero-order chi connectivity index (χ0) is 15.9. The minimum Gasteiger partial charge on any atom is -0.370 e. The number of nitrogens with one attached hydrogen (secondary N) is 1. The van der Waals surface area contributed by atoms with Crippen LogP contribution in [-0.4, -0.2) is 41.9 Å². The Hall–Kier alpha value is -1.92. The predicted molar refractivity (Wildman–Crippen MR) is 84.7 cm³/mol. The SMILES string of the molecule is NC(=O)CC(N)C(=O)NC1CCCN(Cc2ccccc2)C1. The van der Waals surface area contributed by atoms with Gasteiger partial charge in [0.05, 0.1) is 12.5 Å². The molecule has 6 heteroatoms. The summed E-state index contributed by atoms with van der Waals surface area (Å²) in [4.78, 5) is 25.1. The molecule has 1 aromatic rings. The fourth-order valence-corrected chi connectivity index (χ4v) is 2.78. The van der Waals surface area contributed by atoms with Crippen molar-refractivity contribution < 1.29 is 9.59 Å². The van der Waals surface area contributed by atoms with E-state index in [0.717, 1.165) is 32.5 Å². The van der Waals surface area contributed by atoms with Crippen molar-refractivity contribution in [2.45, 2.75) is 37.9 Å². The van der Waals surface area contributed by atoms with Crippen LogP contribution in [0.25, 0.3) is 0 Å². The van der Waals surface area contributed by atoms with Gasteiger partial charge in [-0.05, 0) is 24.9 Å². The van der Waals surface area contributed by atoms with Crippen LogP contribution < -0.4 is 16.8 Å². The van der Waals surface area contributed by atoms with Gasteiger partial charge in [-0.1, -0.05) is 30.3 Å². The first kappa shape index (κ1) is 16.5. The fraction of sp³-hybridized carbons (Fsp3) is 0.500. The van der Waals surface area contributed by atoms with E-state index < -0.39 is 11.9 Å². The molecule has 0 spiro atoms. The molecule has 0 saturated carbocycles. The van der Waals surface area contributed by atoms with Gasteiger partial charge < -0.3 is 16.8 Å². The Labute approximate surface area is 130 Å². The second-order valence-electron chi connectivity index (χ2n) is 5.85. The third-order valence-electron chi connectivity index (χ3n) is 3.86. The first-order chi connectivity index (χ1) is 10.5. The summed E-state index contributed by atoms with van der Waals surface area (Å²) in [5.41, 5.74) is 12.0. The Morgan fingerprint density at radius 2 is 2.05 bits per heavy atom. The lowest BCUT2D eigenvalue weighted by Gasteiger charge is -2.33. The van der Waals surface area contributed by atoms with E-state index in [1.165, 1.54) is 5.56 Å². The highest BCUT2D eigenvalue weighted by Crippen LogP contribution is 2.13. The maximum absolute atomic E-state index is 11.9. The predicted octanol–water partition coefficient (Wildman–Crippen LogP) is -0.0301. The fourth-order valence-electron chi connectivity index (χ4n) is 2.78.